The van der Waals surface area contributed by atoms with Crippen molar-refractivity contribution < 1.29 is 4.79 Å². The van der Waals surface area contributed by atoms with Gasteiger partial charge in [-0.2, -0.15) is 0 Å². The number of carbonyl (C=O) groups is 1. The molecule has 2 bridgehead atoms. The van der Waals surface area contributed by atoms with Crippen LogP contribution in [0, 0.1) is 18.8 Å². The lowest BCUT2D eigenvalue weighted by molar-refractivity contribution is -0.121. The first-order valence-corrected chi connectivity index (χ1v) is 5.86. The van der Waals surface area contributed by atoms with Gasteiger partial charge in [0.1, 0.15) is 5.78 Å². The second kappa shape index (κ2) is 3.19. The summed E-state index contributed by atoms with van der Waals surface area (Å²) in [5.41, 5.74) is 2.68. The molecular weight excluding hydrogens is 184 g/mol. The largest absolute Gasteiger partial charge is 0.299 e. The van der Waals surface area contributed by atoms with Gasteiger partial charge in [-0.3, -0.25) is 4.79 Å². The molecule has 0 radical (unpaired) electrons. The number of aryl methyl sites for hydroxylation is 1. The minimum atomic E-state index is 0.345. The van der Waals surface area contributed by atoms with E-state index in [2.05, 4.69) is 31.2 Å². The highest BCUT2D eigenvalue weighted by Crippen LogP contribution is 2.50. The summed E-state index contributed by atoms with van der Waals surface area (Å²) in [5.74, 6) is 1.80. The first kappa shape index (κ1) is 9.14. The predicted octanol–water partition coefficient (Wildman–Crippen LogP) is 3.08. The van der Waals surface area contributed by atoms with E-state index in [9.17, 15) is 4.79 Å². The van der Waals surface area contributed by atoms with E-state index in [1.54, 1.807) is 0 Å². The molecule has 0 spiro atoms. The maximum Gasteiger partial charge on any atom is 0.139 e. The Morgan fingerprint density at radius 2 is 1.80 bits per heavy atom. The maximum atomic E-state index is 11.8. The molecule has 0 saturated heterocycles. The van der Waals surface area contributed by atoms with Gasteiger partial charge in [0.05, 0.1) is 0 Å². The molecule has 2 fully saturated rings. The third-order valence-corrected chi connectivity index (χ3v) is 4.12. The lowest BCUT2D eigenvalue weighted by Gasteiger charge is -2.20. The third-order valence-electron chi connectivity index (χ3n) is 4.12. The summed E-state index contributed by atoms with van der Waals surface area (Å²) in [5, 5.41) is 0. The Balaban J connectivity index is 1.90. The number of carbonyl (C=O) groups excluding carboxylic acids is 1. The van der Waals surface area contributed by atoms with E-state index in [0.29, 0.717) is 23.5 Å². The first-order chi connectivity index (χ1) is 7.25. The zero-order chi connectivity index (χ0) is 10.4. The van der Waals surface area contributed by atoms with Crippen molar-refractivity contribution in [2.24, 2.45) is 11.8 Å². The highest BCUT2D eigenvalue weighted by molar-refractivity contribution is 5.88. The molecular formula is C14H16O. The predicted molar refractivity (Wildman–Crippen MR) is 59.8 cm³/mol. The van der Waals surface area contributed by atoms with E-state index in [1.807, 2.05) is 0 Å². The second-order valence-corrected chi connectivity index (χ2v) is 5.04. The van der Waals surface area contributed by atoms with Crippen molar-refractivity contribution in [1.82, 2.24) is 0 Å². The molecule has 1 heteroatoms. The molecule has 1 aromatic carbocycles. The Kier molecular flexibility index (Phi) is 1.95. The molecule has 78 valence electrons. The smallest absolute Gasteiger partial charge is 0.139 e. The van der Waals surface area contributed by atoms with Crippen LogP contribution in [0.15, 0.2) is 24.3 Å². The third kappa shape index (κ3) is 1.33. The van der Waals surface area contributed by atoms with Gasteiger partial charge in [0.15, 0.2) is 0 Å². The van der Waals surface area contributed by atoms with Crippen molar-refractivity contribution in [2.45, 2.75) is 32.1 Å². The van der Waals surface area contributed by atoms with Crippen molar-refractivity contribution in [2.75, 3.05) is 0 Å². The number of fused-ring (bicyclic) bond motifs is 2. The number of ketones is 1. The summed E-state index contributed by atoms with van der Waals surface area (Å²) in [6, 6.07) is 8.72. The zero-order valence-corrected chi connectivity index (χ0v) is 9.07. The van der Waals surface area contributed by atoms with E-state index >= 15 is 0 Å². The van der Waals surface area contributed by atoms with Gasteiger partial charge in [-0.25, -0.2) is 0 Å². The summed E-state index contributed by atoms with van der Waals surface area (Å²) in [6.07, 6.45) is 3.38. The average Bonchev–Trinajstić information content (AvgIpc) is 2.75. The highest BCUT2D eigenvalue weighted by atomic mass is 16.1. The van der Waals surface area contributed by atoms with E-state index < -0.39 is 0 Å². The fourth-order valence-electron chi connectivity index (χ4n) is 3.25. The Labute approximate surface area is 90.5 Å². The van der Waals surface area contributed by atoms with Crippen LogP contribution in [-0.4, -0.2) is 5.78 Å². The van der Waals surface area contributed by atoms with Crippen molar-refractivity contribution >= 4 is 5.78 Å². The van der Waals surface area contributed by atoms with Gasteiger partial charge in [0, 0.05) is 11.8 Å². The topological polar surface area (TPSA) is 17.1 Å². The molecule has 0 amide bonds. The number of Topliss-reactive ketones (excluding diaryl/α,β-unsaturated/α-hetero) is 1. The highest BCUT2D eigenvalue weighted by Gasteiger charge is 2.47. The van der Waals surface area contributed by atoms with Crippen LogP contribution in [-0.2, 0) is 4.79 Å². The SMILES string of the molecule is Cc1ccc([C@H]2C[C@H]3CC[C@@H]2C3=O)cc1. The van der Waals surface area contributed by atoms with Crippen molar-refractivity contribution in [1.29, 1.82) is 0 Å². The number of rotatable bonds is 1. The fourth-order valence-corrected chi connectivity index (χ4v) is 3.25. The van der Waals surface area contributed by atoms with Crippen LogP contribution in [0.25, 0.3) is 0 Å². The van der Waals surface area contributed by atoms with E-state index in [4.69, 9.17) is 0 Å². The van der Waals surface area contributed by atoms with Crippen LogP contribution < -0.4 is 0 Å². The fraction of sp³-hybridized carbons (Fsp3) is 0.500. The van der Waals surface area contributed by atoms with Crippen LogP contribution in [0.4, 0.5) is 0 Å². The summed E-state index contributed by atoms with van der Waals surface area (Å²) in [6.45, 7) is 2.11. The zero-order valence-electron chi connectivity index (χ0n) is 9.07. The van der Waals surface area contributed by atoms with E-state index in [1.165, 1.54) is 11.1 Å². The molecule has 2 aliphatic rings. The lowest BCUT2D eigenvalue weighted by Crippen LogP contribution is -2.10. The van der Waals surface area contributed by atoms with Crippen molar-refractivity contribution in [3.05, 3.63) is 35.4 Å². The van der Waals surface area contributed by atoms with Gasteiger partial charge in [0.2, 0.25) is 0 Å². The van der Waals surface area contributed by atoms with Gasteiger partial charge < -0.3 is 0 Å². The van der Waals surface area contributed by atoms with E-state index in [-0.39, 0.29) is 0 Å². The summed E-state index contributed by atoms with van der Waals surface area (Å²) < 4.78 is 0. The van der Waals surface area contributed by atoms with Crippen LogP contribution in [0.2, 0.25) is 0 Å². The molecule has 1 nitrogen and oxygen atoms in total. The molecule has 3 atom stereocenters. The van der Waals surface area contributed by atoms with Gasteiger partial charge in [-0.05, 0) is 37.7 Å². The molecule has 0 aromatic heterocycles. The van der Waals surface area contributed by atoms with Gasteiger partial charge >= 0.3 is 0 Å². The number of benzene rings is 1. The van der Waals surface area contributed by atoms with Crippen LogP contribution in [0.5, 0.6) is 0 Å². The van der Waals surface area contributed by atoms with E-state index in [0.717, 1.165) is 19.3 Å². The van der Waals surface area contributed by atoms with Gasteiger partial charge in [0.25, 0.3) is 0 Å². The van der Waals surface area contributed by atoms with Crippen molar-refractivity contribution in [3.63, 3.8) is 0 Å². The Hall–Kier alpha value is -1.11. The second-order valence-electron chi connectivity index (χ2n) is 5.04. The lowest BCUT2D eigenvalue weighted by atomic mass is 9.83. The number of hydrogen-bond donors (Lipinski definition) is 0. The maximum absolute atomic E-state index is 11.8. The Morgan fingerprint density at radius 3 is 2.33 bits per heavy atom. The normalized spacial score (nSPS) is 33.7. The molecule has 0 aliphatic heterocycles. The Bertz CT molecular complexity index is 390. The Morgan fingerprint density at radius 1 is 1.07 bits per heavy atom. The molecule has 2 aliphatic carbocycles. The summed E-state index contributed by atoms with van der Waals surface area (Å²) in [7, 11) is 0. The monoisotopic (exact) mass is 200 g/mol. The minimum absolute atomic E-state index is 0.345. The standard InChI is InChI=1S/C14H16O/c1-9-2-4-10(5-3-9)13-8-11-6-7-12(13)14(11)15/h2-5,11-13H,6-8H2,1H3/t11-,12+,13-/m1/s1. The quantitative estimate of drug-likeness (QED) is 0.681. The molecule has 15 heavy (non-hydrogen) atoms. The van der Waals surface area contributed by atoms with Gasteiger partial charge in [-0.1, -0.05) is 29.8 Å². The van der Waals surface area contributed by atoms with Crippen LogP contribution >= 0.6 is 0 Å². The minimum Gasteiger partial charge on any atom is -0.299 e. The summed E-state index contributed by atoms with van der Waals surface area (Å²) >= 11 is 0. The van der Waals surface area contributed by atoms with Gasteiger partial charge in [-0.15, -0.1) is 0 Å². The molecule has 0 heterocycles. The molecule has 3 rings (SSSR count). The first-order valence-electron chi connectivity index (χ1n) is 5.86. The van der Waals surface area contributed by atoms with Crippen LogP contribution in [0.3, 0.4) is 0 Å². The molecule has 0 N–H and O–H groups in total. The number of hydrogen-bond acceptors (Lipinski definition) is 1. The molecule has 2 saturated carbocycles. The van der Waals surface area contributed by atoms with Crippen LogP contribution in [0.1, 0.15) is 36.3 Å². The molecule has 1 aromatic rings. The summed E-state index contributed by atoms with van der Waals surface area (Å²) in [4.78, 5) is 11.8. The average molecular weight is 200 g/mol. The molecule has 0 unspecified atom stereocenters. The van der Waals surface area contributed by atoms with Crippen molar-refractivity contribution in [3.8, 4) is 0 Å².